The molecule has 0 bridgehead atoms. The van der Waals surface area contributed by atoms with Crippen LogP contribution in [0, 0.1) is 5.92 Å². The minimum atomic E-state index is -0.0630. The van der Waals surface area contributed by atoms with Gasteiger partial charge < -0.3 is 9.30 Å². The van der Waals surface area contributed by atoms with Crippen molar-refractivity contribution < 1.29 is 9.53 Å². The average molecular weight is 270 g/mol. The van der Waals surface area contributed by atoms with Crippen molar-refractivity contribution in [3.05, 3.63) is 48.0 Å². The van der Waals surface area contributed by atoms with Crippen LogP contribution in [-0.2, 0) is 24.2 Å². The van der Waals surface area contributed by atoms with Gasteiger partial charge in [-0.15, -0.1) is 0 Å². The highest BCUT2D eigenvalue weighted by molar-refractivity contribution is 5.83. The van der Waals surface area contributed by atoms with Crippen LogP contribution in [0.15, 0.2) is 36.7 Å². The van der Waals surface area contributed by atoms with Gasteiger partial charge in [0.2, 0.25) is 0 Å². The number of hydrogen-bond donors (Lipinski definition) is 0. The molecular weight excluding hydrogens is 252 g/mol. The molecule has 2 heterocycles. The summed E-state index contributed by atoms with van der Waals surface area (Å²) in [5, 5.41) is 0. The molecule has 1 aliphatic rings. The lowest BCUT2D eigenvalue weighted by atomic mass is 9.91. The Morgan fingerprint density at radius 3 is 3.15 bits per heavy atom. The zero-order valence-electron chi connectivity index (χ0n) is 11.6. The van der Waals surface area contributed by atoms with Gasteiger partial charge in [0.1, 0.15) is 17.4 Å². The van der Waals surface area contributed by atoms with E-state index in [2.05, 4.69) is 11.9 Å². The molecule has 1 aromatic heterocycles. The smallest absolute Gasteiger partial charge is 0.147 e. The first-order valence-electron chi connectivity index (χ1n) is 7.01. The van der Waals surface area contributed by atoms with E-state index in [-0.39, 0.29) is 11.7 Å². The van der Waals surface area contributed by atoms with Crippen molar-refractivity contribution in [3.8, 4) is 5.75 Å². The van der Waals surface area contributed by atoms with Gasteiger partial charge in [-0.1, -0.05) is 18.2 Å². The summed E-state index contributed by atoms with van der Waals surface area (Å²) in [6.07, 6.45) is 4.81. The van der Waals surface area contributed by atoms with E-state index in [1.807, 2.05) is 35.0 Å². The second-order valence-electron chi connectivity index (χ2n) is 5.09. The van der Waals surface area contributed by atoms with E-state index < -0.39 is 0 Å². The lowest BCUT2D eigenvalue weighted by Crippen LogP contribution is -2.30. The number of ketones is 1. The van der Waals surface area contributed by atoms with Gasteiger partial charge in [-0.05, 0) is 25.0 Å². The Balaban J connectivity index is 1.70. The number of carbonyl (C=O) groups is 1. The lowest BCUT2D eigenvalue weighted by Gasteiger charge is -2.24. The Morgan fingerprint density at radius 2 is 2.30 bits per heavy atom. The molecule has 0 radical (unpaired) electrons. The van der Waals surface area contributed by atoms with Gasteiger partial charge in [-0.2, -0.15) is 0 Å². The maximum Gasteiger partial charge on any atom is 0.147 e. The molecule has 1 atom stereocenters. The highest BCUT2D eigenvalue weighted by Crippen LogP contribution is 2.27. The van der Waals surface area contributed by atoms with Crippen molar-refractivity contribution >= 4 is 5.78 Å². The number of Topliss-reactive ketones (excluding diaryl/α,β-unsaturated/α-hetero) is 1. The highest BCUT2D eigenvalue weighted by Gasteiger charge is 2.26. The van der Waals surface area contributed by atoms with Crippen molar-refractivity contribution in [1.29, 1.82) is 0 Å². The summed E-state index contributed by atoms with van der Waals surface area (Å²) in [5.74, 6) is 1.90. The quantitative estimate of drug-likeness (QED) is 0.856. The molecule has 0 N–H and O–H groups in total. The summed E-state index contributed by atoms with van der Waals surface area (Å²) in [7, 11) is 0. The van der Waals surface area contributed by atoms with Gasteiger partial charge in [0.05, 0.1) is 18.9 Å². The summed E-state index contributed by atoms with van der Waals surface area (Å²) < 4.78 is 7.69. The minimum absolute atomic E-state index is 0.0630. The van der Waals surface area contributed by atoms with Crippen LogP contribution in [0.25, 0.3) is 0 Å². The number of benzene rings is 1. The molecule has 104 valence electrons. The number of fused-ring (bicyclic) bond motifs is 1. The van der Waals surface area contributed by atoms with Crippen LogP contribution >= 0.6 is 0 Å². The molecule has 0 saturated heterocycles. The SMILES string of the molecule is CCn1ccnc1CC(=O)C1COc2ccccc2C1. The minimum Gasteiger partial charge on any atom is -0.493 e. The zero-order chi connectivity index (χ0) is 13.9. The topological polar surface area (TPSA) is 44.1 Å². The number of rotatable bonds is 4. The molecule has 1 unspecified atom stereocenters. The van der Waals surface area contributed by atoms with Crippen LogP contribution in [0.3, 0.4) is 0 Å². The standard InChI is InChI=1S/C16H18N2O2/c1-2-18-8-7-17-16(18)10-14(19)13-9-12-5-3-4-6-15(12)20-11-13/h3-8,13H,2,9-11H2,1H3. The summed E-state index contributed by atoms with van der Waals surface area (Å²) in [4.78, 5) is 16.7. The maximum atomic E-state index is 12.4. The summed E-state index contributed by atoms with van der Waals surface area (Å²) in [6, 6.07) is 7.93. The molecule has 1 aliphatic heterocycles. The first-order valence-corrected chi connectivity index (χ1v) is 7.01. The van der Waals surface area contributed by atoms with Crippen LogP contribution in [0.2, 0.25) is 0 Å². The summed E-state index contributed by atoms with van der Waals surface area (Å²) in [5.41, 5.74) is 1.12. The van der Waals surface area contributed by atoms with E-state index in [9.17, 15) is 4.79 Å². The third-order valence-electron chi connectivity index (χ3n) is 3.81. The number of ether oxygens (including phenoxy) is 1. The van der Waals surface area contributed by atoms with Crippen molar-refractivity contribution in [2.45, 2.75) is 26.3 Å². The van der Waals surface area contributed by atoms with Crippen LogP contribution in [0.5, 0.6) is 5.75 Å². The van der Waals surface area contributed by atoms with Gasteiger partial charge in [0.15, 0.2) is 0 Å². The average Bonchev–Trinajstić information content (AvgIpc) is 2.94. The van der Waals surface area contributed by atoms with Crippen LogP contribution in [-0.4, -0.2) is 21.9 Å². The Bertz CT molecular complexity index is 618. The molecule has 0 amide bonds. The first kappa shape index (κ1) is 12.9. The van der Waals surface area contributed by atoms with Crippen LogP contribution < -0.4 is 4.74 Å². The number of hydrogen-bond acceptors (Lipinski definition) is 3. The summed E-state index contributed by atoms with van der Waals surface area (Å²) in [6.45, 7) is 3.37. The molecule has 0 spiro atoms. The van der Waals surface area contributed by atoms with Gasteiger partial charge in [0.25, 0.3) is 0 Å². The van der Waals surface area contributed by atoms with Crippen molar-refractivity contribution in [2.75, 3.05) is 6.61 Å². The lowest BCUT2D eigenvalue weighted by molar-refractivity contribution is -0.123. The maximum absolute atomic E-state index is 12.4. The second-order valence-corrected chi connectivity index (χ2v) is 5.09. The Labute approximate surface area is 118 Å². The first-order chi connectivity index (χ1) is 9.78. The predicted octanol–water partition coefficient (Wildman–Crippen LogP) is 2.27. The third-order valence-corrected chi connectivity index (χ3v) is 3.81. The van der Waals surface area contributed by atoms with Crippen LogP contribution in [0.4, 0.5) is 0 Å². The third kappa shape index (κ3) is 2.46. The molecule has 0 fully saturated rings. The molecule has 0 saturated carbocycles. The number of carbonyl (C=O) groups excluding carboxylic acids is 1. The zero-order valence-corrected chi connectivity index (χ0v) is 11.6. The molecule has 4 heteroatoms. The summed E-state index contributed by atoms with van der Waals surface area (Å²) >= 11 is 0. The number of para-hydroxylation sites is 1. The van der Waals surface area contributed by atoms with E-state index in [1.165, 1.54) is 0 Å². The van der Waals surface area contributed by atoms with Gasteiger partial charge in [-0.25, -0.2) is 4.98 Å². The number of aromatic nitrogens is 2. The molecule has 1 aromatic carbocycles. The number of aryl methyl sites for hydroxylation is 1. The molecule has 20 heavy (non-hydrogen) atoms. The predicted molar refractivity (Wildman–Crippen MR) is 75.7 cm³/mol. The molecule has 0 aliphatic carbocycles. The van der Waals surface area contributed by atoms with Gasteiger partial charge in [0, 0.05) is 18.9 Å². The molecular formula is C16H18N2O2. The second kappa shape index (κ2) is 5.49. The fourth-order valence-corrected chi connectivity index (χ4v) is 2.63. The van der Waals surface area contributed by atoms with Gasteiger partial charge in [-0.3, -0.25) is 4.79 Å². The van der Waals surface area contributed by atoms with E-state index in [0.29, 0.717) is 13.0 Å². The fourth-order valence-electron chi connectivity index (χ4n) is 2.63. The molecule has 2 aromatic rings. The van der Waals surface area contributed by atoms with Gasteiger partial charge >= 0.3 is 0 Å². The van der Waals surface area contributed by atoms with E-state index in [1.54, 1.807) is 6.20 Å². The highest BCUT2D eigenvalue weighted by atomic mass is 16.5. The Kier molecular flexibility index (Phi) is 3.54. The largest absolute Gasteiger partial charge is 0.493 e. The Morgan fingerprint density at radius 1 is 1.45 bits per heavy atom. The molecule has 3 rings (SSSR count). The number of imidazole rings is 1. The van der Waals surface area contributed by atoms with Crippen molar-refractivity contribution in [3.63, 3.8) is 0 Å². The Hall–Kier alpha value is -2.10. The van der Waals surface area contributed by atoms with Crippen molar-refractivity contribution in [2.24, 2.45) is 5.92 Å². The van der Waals surface area contributed by atoms with Crippen molar-refractivity contribution in [1.82, 2.24) is 9.55 Å². The van der Waals surface area contributed by atoms with Crippen LogP contribution in [0.1, 0.15) is 18.3 Å². The fraction of sp³-hybridized carbons (Fsp3) is 0.375. The van der Waals surface area contributed by atoms with E-state index in [4.69, 9.17) is 4.74 Å². The van der Waals surface area contributed by atoms with E-state index >= 15 is 0 Å². The monoisotopic (exact) mass is 270 g/mol. The normalized spacial score (nSPS) is 17.4. The molecule has 4 nitrogen and oxygen atoms in total. The number of nitrogens with zero attached hydrogens (tertiary/aromatic N) is 2. The van der Waals surface area contributed by atoms with E-state index in [0.717, 1.165) is 30.1 Å².